The molecule has 0 radical (unpaired) electrons. The number of rotatable bonds is 6. The van der Waals surface area contributed by atoms with Gasteiger partial charge in [-0.2, -0.15) is 4.31 Å². The van der Waals surface area contributed by atoms with Gasteiger partial charge in [-0.05, 0) is 31.9 Å². The number of sulfonamides is 1. The highest BCUT2D eigenvalue weighted by Gasteiger charge is 2.31. The zero-order valence-corrected chi connectivity index (χ0v) is 21.1. The molecule has 1 aliphatic heterocycles. The van der Waals surface area contributed by atoms with E-state index in [0.29, 0.717) is 37.2 Å². The van der Waals surface area contributed by atoms with Crippen LogP contribution in [0.1, 0.15) is 37.9 Å². The largest absolute Gasteiger partial charge is 0.394 e. The van der Waals surface area contributed by atoms with Crippen molar-refractivity contribution in [2.45, 2.75) is 63.8 Å². The van der Waals surface area contributed by atoms with Gasteiger partial charge in [0.1, 0.15) is 5.69 Å². The maximum atomic E-state index is 13.3. The average Bonchev–Trinajstić information content (AvgIpc) is 3.26. The number of hydrogen-bond acceptors (Lipinski definition) is 7. The standard InChI is InChI=1S/C23H35N5O5S/c1-17-8-5-6-9-22(17)34(31,32)26(4)14-21-18(2)12-28(19(3)15-29)23(30)10-7-11-27-13-20(16-33-21)24-25-27/h5-6,8-9,13,18-19,21,29H,7,10-12,14-16H2,1-4H3/t18-,19-,21-/m1/s1. The van der Waals surface area contributed by atoms with Crippen molar-refractivity contribution in [3.8, 4) is 0 Å². The predicted octanol–water partition coefficient (Wildman–Crippen LogP) is 1.43. The maximum Gasteiger partial charge on any atom is 0.243 e. The van der Waals surface area contributed by atoms with E-state index in [1.165, 1.54) is 11.4 Å². The molecule has 0 spiro atoms. The van der Waals surface area contributed by atoms with Crippen LogP contribution in [0.2, 0.25) is 0 Å². The summed E-state index contributed by atoms with van der Waals surface area (Å²) in [6.07, 6.45) is 2.19. The van der Waals surface area contributed by atoms with Crippen molar-refractivity contribution in [2.24, 2.45) is 5.92 Å². The van der Waals surface area contributed by atoms with Gasteiger partial charge in [-0.15, -0.1) is 5.10 Å². The molecule has 1 aromatic carbocycles. The molecule has 0 aliphatic carbocycles. The molecule has 188 valence electrons. The second kappa shape index (κ2) is 11.4. The first kappa shape index (κ1) is 26.3. The molecule has 3 atom stereocenters. The van der Waals surface area contributed by atoms with E-state index in [1.807, 2.05) is 6.92 Å². The van der Waals surface area contributed by atoms with Crippen LogP contribution in [0.15, 0.2) is 35.4 Å². The highest BCUT2D eigenvalue weighted by Crippen LogP contribution is 2.22. The predicted molar refractivity (Wildman–Crippen MR) is 126 cm³/mol. The van der Waals surface area contributed by atoms with Crippen molar-refractivity contribution in [2.75, 3.05) is 26.7 Å². The number of carbonyl (C=O) groups excluding carboxylic acids is 1. The number of aryl methyl sites for hydroxylation is 2. The molecule has 0 unspecified atom stereocenters. The van der Waals surface area contributed by atoms with Crippen molar-refractivity contribution in [3.63, 3.8) is 0 Å². The molecule has 11 heteroatoms. The Morgan fingerprint density at radius 2 is 2.06 bits per heavy atom. The third kappa shape index (κ3) is 6.21. The molecule has 0 saturated carbocycles. The lowest BCUT2D eigenvalue weighted by Crippen LogP contribution is -2.47. The summed E-state index contributed by atoms with van der Waals surface area (Å²) < 4.78 is 35.7. The summed E-state index contributed by atoms with van der Waals surface area (Å²) >= 11 is 0. The Bertz CT molecular complexity index is 1070. The number of fused-ring (bicyclic) bond motifs is 2. The van der Waals surface area contributed by atoms with Crippen LogP contribution < -0.4 is 0 Å². The summed E-state index contributed by atoms with van der Waals surface area (Å²) in [5.41, 5.74) is 1.32. The SMILES string of the molecule is Cc1ccccc1S(=O)(=O)N(C)C[C@H]1OCc2cn(nn2)CCCC(=O)N([C@H](C)CO)C[C@H]1C. The Kier molecular flexibility index (Phi) is 8.80. The van der Waals surface area contributed by atoms with Crippen LogP contribution >= 0.6 is 0 Å². The van der Waals surface area contributed by atoms with Gasteiger partial charge >= 0.3 is 0 Å². The van der Waals surface area contributed by atoms with E-state index in [0.717, 1.165) is 0 Å². The van der Waals surface area contributed by atoms with Crippen molar-refractivity contribution in [1.82, 2.24) is 24.2 Å². The fraction of sp³-hybridized carbons (Fsp3) is 0.609. The Hall–Kier alpha value is -2.34. The summed E-state index contributed by atoms with van der Waals surface area (Å²) in [6.45, 7) is 6.51. The fourth-order valence-electron chi connectivity index (χ4n) is 4.06. The normalized spacial score (nSPS) is 21.6. The van der Waals surface area contributed by atoms with Gasteiger partial charge in [0.05, 0.1) is 36.5 Å². The van der Waals surface area contributed by atoms with E-state index in [4.69, 9.17) is 4.74 Å². The van der Waals surface area contributed by atoms with Gasteiger partial charge in [-0.1, -0.05) is 30.3 Å². The molecule has 34 heavy (non-hydrogen) atoms. The topological polar surface area (TPSA) is 118 Å². The van der Waals surface area contributed by atoms with E-state index in [9.17, 15) is 18.3 Å². The zero-order chi connectivity index (χ0) is 24.9. The van der Waals surface area contributed by atoms with Crippen molar-refractivity contribution in [3.05, 3.63) is 41.7 Å². The van der Waals surface area contributed by atoms with E-state index in [-0.39, 0.29) is 42.5 Å². The van der Waals surface area contributed by atoms with Crippen LogP contribution in [0.25, 0.3) is 0 Å². The highest BCUT2D eigenvalue weighted by molar-refractivity contribution is 7.89. The molecular weight excluding hydrogens is 458 g/mol. The minimum atomic E-state index is -3.74. The first-order valence-electron chi connectivity index (χ1n) is 11.6. The summed E-state index contributed by atoms with van der Waals surface area (Å²) in [7, 11) is -2.20. The maximum absolute atomic E-state index is 13.3. The summed E-state index contributed by atoms with van der Waals surface area (Å²) in [5, 5.41) is 17.9. The number of amides is 1. The Morgan fingerprint density at radius 1 is 1.32 bits per heavy atom. The number of hydrogen-bond donors (Lipinski definition) is 1. The quantitative estimate of drug-likeness (QED) is 0.647. The first-order valence-corrected chi connectivity index (χ1v) is 13.0. The first-order chi connectivity index (χ1) is 16.1. The number of ether oxygens (including phenoxy) is 1. The number of likely N-dealkylation sites (N-methyl/N-ethyl adjacent to an activating group) is 1. The summed E-state index contributed by atoms with van der Waals surface area (Å²) in [6, 6.07) is 6.51. The lowest BCUT2D eigenvalue weighted by atomic mass is 10.0. The Morgan fingerprint density at radius 3 is 2.76 bits per heavy atom. The second-order valence-corrected chi connectivity index (χ2v) is 11.0. The highest BCUT2D eigenvalue weighted by atomic mass is 32.2. The van der Waals surface area contributed by atoms with Crippen molar-refractivity contribution >= 4 is 15.9 Å². The molecule has 2 aromatic rings. The lowest BCUT2D eigenvalue weighted by Gasteiger charge is -2.35. The third-order valence-corrected chi connectivity index (χ3v) is 8.25. The molecule has 2 heterocycles. The molecule has 0 saturated heterocycles. The van der Waals surface area contributed by atoms with Crippen LogP contribution in [0.3, 0.4) is 0 Å². The molecule has 1 N–H and O–H groups in total. The Balaban J connectivity index is 1.87. The number of aliphatic hydroxyl groups is 1. The van der Waals surface area contributed by atoms with Gasteiger partial charge in [-0.25, -0.2) is 8.42 Å². The van der Waals surface area contributed by atoms with Gasteiger partial charge in [0.2, 0.25) is 15.9 Å². The molecule has 1 aliphatic rings. The monoisotopic (exact) mass is 493 g/mol. The lowest BCUT2D eigenvalue weighted by molar-refractivity contribution is -0.136. The van der Waals surface area contributed by atoms with E-state index < -0.39 is 16.1 Å². The Labute approximate surface area is 201 Å². The van der Waals surface area contributed by atoms with Crippen LogP contribution in [-0.4, -0.2) is 82.5 Å². The fourth-order valence-corrected chi connectivity index (χ4v) is 5.46. The molecule has 3 rings (SSSR count). The van der Waals surface area contributed by atoms with E-state index >= 15 is 0 Å². The third-order valence-electron chi connectivity index (χ3n) is 6.26. The number of aliphatic hydroxyl groups excluding tert-OH is 1. The molecule has 1 aromatic heterocycles. The number of benzene rings is 1. The average molecular weight is 494 g/mol. The summed E-state index contributed by atoms with van der Waals surface area (Å²) in [4.78, 5) is 14.9. The van der Waals surface area contributed by atoms with Crippen LogP contribution in [0.4, 0.5) is 0 Å². The number of aromatic nitrogens is 3. The van der Waals surface area contributed by atoms with Crippen molar-refractivity contribution < 1.29 is 23.1 Å². The smallest absolute Gasteiger partial charge is 0.243 e. The minimum absolute atomic E-state index is 0.0624. The molecular formula is C23H35N5O5S. The van der Waals surface area contributed by atoms with Crippen LogP contribution in [0.5, 0.6) is 0 Å². The van der Waals surface area contributed by atoms with Crippen LogP contribution in [0, 0.1) is 12.8 Å². The molecule has 0 fully saturated rings. The van der Waals surface area contributed by atoms with Gasteiger partial charge in [0, 0.05) is 39.0 Å². The van der Waals surface area contributed by atoms with Gasteiger partial charge in [-0.3, -0.25) is 9.48 Å². The van der Waals surface area contributed by atoms with Gasteiger partial charge in [0.15, 0.2) is 0 Å². The zero-order valence-electron chi connectivity index (χ0n) is 20.3. The molecule has 2 bridgehead atoms. The number of carbonyl (C=O) groups is 1. The van der Waals surface area contributed by atoms with E-state index in [2.05, 4.69) is 10.3 Å². The van der Waals surface area contributed by atoms with Gasteiger partial charge < -0.3 is 14.7 Å². The molecule has 10 nitrogen and oxygen atoms in total. The van der Waals surface area contributed by atoms with Gasteiger partial charge in [0.25, 0.3) is 0 Å². The summed E-state index contributed by atoms with van der Waals surface area (Å²) in [5.74, 6) is -0.268. The van der Waals surface area contributed by atoms with E-state index in [1.54, 1.807) is 53.9 Å². The number of nitrogens with zero attached hydrogens (tertiary/aromatic N) is 5. The van der Waals surface area contributed by atoms with Crippen molar-refractivity contribution in [1.29, 1.82) is 0 Å². The molecule has 1 amide bonds. The second-order valence-electron chi connectivity index (χ2n) is 9.03. The minimum Gasteiger partial charge on any atom is -0.394 e. The van der Waals surface area contributed by atoms with Crippen LogP contribution in [-0.2, 0) is 32.7 Å².